The summed E-state index contributed by atoms with van der Waals surface area (Å²) in [6.45, 7) is 1.64. The lowest BCUT2D eigenvalue weighted by Gasteiger charge is -2.26. The molecule has 112 valence electrons. The van der Waals surface area contributed by atoms with E-state index in [4.69, 9.17) is 5.26 Å². The molecule has 0 saturated carbocycles. The van der Waals surface area contributed by atoms with E-state index in [-0.39, 0.29) is 17.0 Å². The maximum Gasteiger partial charge on any atom is 0.141 e. The summed E-state index contributed by atoms with van der Waals surface area (Å²) in [7, 11) is 0. The van der Waals surface area contributed by atoms with Crippen LogP contribution in [0.5, 0.6) is 0 Å². The first-order chi connectivity index (χ1) is 10.5. The topological polar surface area (TPSA) is 23.8 Å². The summed E-state index contributed by atoms with van der Waals surface area (Å²) >= 11 is 0. The van der Waals surface area contributed by atoms with Crippen molar-refractivity contribution in [3.63, 3.8) is 0 Å². The van der Waals surface area contributed by atoms with Crippen LogP contribution in [-0.4, -0.2) is 0 Å². The van der Waals surface area contributed by atoms with Crippen LogP contribution in [0, 0.1) is 35.7 Å². The van der Waals surface area contributed by atoms with Crippen LogP contribution in [0.25, 0.3) is 0 Å². The standard InChI is InChI=1S/C18H14F3N/c1-10-4-16(20)18(17(21)5-10)12-3-2-11-6-14(9-22)15(19)8-13(11)7-12/h4-6,8,12H,2-3,7H2,1H3. The molecule has 0 saturated heterocycles. The zero-order valence-corrected chi connectivity index (χ0v) is 12.1. The van der Waals surface area contributed by atoms with Crippen LogP contribution in [0.4, 0.5) is 13.2 Å². The molecule has 1 unspecified atom stereocenters. The fourth-order valence-electron chi connectivity index (χ4n) is 3.21. The third-order valence-corrected chi connectivity index (χ3v) is 4.27. The van der Waals surface area contributed by atoms with Gasteiger partial charge in [0, 0.05) is 5.56 Å². The smallest absolute Gasteiger partial charge is 0.141 e. The number of hydrogen-bond donors (Lipinski definition) is 0. The van der Waals surface area contributed by atoms with Gasteiger partial charge in [-0.05, 0) is 73.1 Å². The number of rotatable bonds is 1. The number of fused-ring (bicyclic) bond motifs is 1. The second kappa shape index (κ2) is 5.49. The van der Waals surface area contributed by atoms with Crippen molar-refractivity contribution in [3.05, 3.63) is 69.5 Å². The second-order valence-corrected chi connectivity index (χ2v) is 5.79. The largest absolute Gasteiger partial charge is 0.207 e. The maximum atomic E-state index is 14.1. The van der Waals surface area contributed by atoms with Gasteiger partial charge in [0.25, 0.3) is 0 Å². The Morgan fingerprint density at radius 2 is 1.68 bits per heavy atom. The molecule has 0 amide bonds. The molecule has 1 aliphatic rings. The lowest BCUT2D eigenvalue weighted by atomic mass is 9.79. The van der Waals surface area contributed by atoms with Gasteiger partial charge in [0.2, 0.25) is 0 Å². The molecule has 0 aliphatic heterocycles. The summed E-state index contributed by atoms with van der Waals surface area (Å²) in [5.74, 6) is -1.97. The molecule has 0 heterocycles. The monoisotopic (exact) mass is 301 g/mol. The van der Waals surface area contributed by atoms with E-state index < -0.39 is 17.5 Å². The number of nitriles is 1. The van der Waals surface area contributed by atoms with Crippen molar-refractivity contribution in [1.29, 1.82) is 5.26 Å². The Morgan fingerprint density at radius 1 is 1.00 bits per heavy atom. The van der Waals surface area contributed by atoms with Crippen LogP contribution in [0.2, 0.25) is 0 Å². The predicted molar refractivity (Wildman–Crippen MR) is 77.0 cm³/mol. The van der Waals surface area contributed by atoms with Gasteiger partial charge in [-0.15, -0.1) is 0 Å². The number of halogens is 3. The van der Waals surface area contributed by atoms with Crippen LogP contribution in [0.15, 0.2) is 24.3 Å². The van der Waals surface area contributed by atoms with Crippen LogP contribution >= 0.6 is 0 Å². The average Bonchev–Trinajstić information content (AvgIpc) is 2.45. The third-order valence-electron chi connectivity index (χ3n) is 4.27. The molecule has 2 aromatic rings. The number of hydrogen-bond acceptors (Lipinski definition) is 1. The molecule has 0 spiro atoms. The highest BCUT2D eigenvalue weighted by atomic mass is 19.1. The molecule has 3 rings (SSSR count). The van der Waals surface area contributed by atoms with Crippen molar-refractivity contribution in [1.82, 2.24) is 0 Å². The Labute approximate surface area is 127 Å². The van der Waals surface area contributed by atoms with E-state index in [1.807, 2.05) is 6.07 Å². The molecule has 0 radical (unpaired) electrons. The number of nitrogens with zero attached hydrogens (tertiary/aromatic N) is 1. The van der Waals surface area contributed by atoms with Gasteiger partial charge < -0.3 is 0 Å². The zero-order chi connectivity index (χ0) is 15.9. The second-order valence-electron chi connectivity index (χ2n) is 5.79. The minimum Gasteiger partial charge on any atom is -0.207 e. The molecule has 22 heavy (non-hydrogen) atoms. The summed E-state index contributed by atoms with van der Waals surface area (Å²) in [4.78, 5) is 0. The molecular weight excluding hydrogens is 287 g/mol. The quantitative estimate of drug-likeness (QED) is 0.757. The molecule has 0 aromatic heterocycles. The summed E-state index contributed by atoms with van der Waals surface area (Å²) in [5.41, 5.74) is 2.26. The summed E-state index contributed by atoms with van der Waals surface area (Å²) in [5, 5.41) is 8.86. The van der Waals surface area contributed by atoms with E-state index in [9.17, 15) is 13.2 Å². The first-order valence-electron chi connectivity index (χ1n) is 7.16. The molecule has 1 aliphatic carbocycles. The Balaban J connectivity index is 1.99. The van der Waals surface area contributed by atoms with Crippen molar-refractivity contribution >= 4 is 0 Å². The van der Waals surface area contributed by atoms with Gasteiger partial charge in [-0.3, -0.25) is 0 Å². The first-order valence-corrected chi connectivity index (χ1v) is 7.16. The Kier molecular flexibility index (Phi) is 3.66. The molecule has 0 N–H and O–H groups in total. The minimum atomic E-state index is -0.577. The van der Waals surface area contributed by atoms with E-state index in [0.29, 0.717) is 24.8 Å². The van der Waals surface area contributed by atoms with E-state index in [2.05, 4.69) is 0 Å². The highest BCUT2D eigenvalue weighted by Gasteiger charge is 2.26. The van der Waals surface area contributed by atoms with Gasteiger partial charge in [-0.1, -0.05) is 0 Å². The lowest BCUT2D eigenvalue weighted by Crippen LogP contribution is -2.16. The number of aryl methyl sites for hydroxylation is 2. The predicted octanol–water partition coefficient (Wildman–Crippen LogP) is 4.56. The van der Waals surface area contributed by atoms with Gasteiger partial charge >= 0.3 is 0 Å². The normalized spacial score (nSPS) is 17.0. The molecular formula is C18H14F3N. The van der Waals surface area contributed by atoms with E-state index in [1.165, 1.54) is 18.2 Å². The van der Waals surface area contributed by atoms with Crippen molar-refractivity contribution in [3.8, 4) is 6.07 Å². The SMILES string of the molecule is Cc1cc(F)c(C2CCc3cc(C#N)c(F)cc3C2)c(F)c1. The van der Waals surface area contributed by atoms with Gasteiger partial charge in [0.1, 0.15) is 23.5 Å². The van der Waals surface area contributed by atoms with Crippen molar-refractivity contribution in [2.24, 2.45) is 0 Å². The van der Waals surface area contributed by atoms with Crippen LogP contribution < -0.4 is 0 Å². The molecule has 0 bridgehead atoms. The van der Waals surface area contributed by atoms with E-state index in [1.54, 1.807) is 13.0 Å². The van der Waals surface area contributed by atoms with Gasteiger partial charge in [0.15, 0.2) is 0 Å². The highest BCUT2D eigenvalue weighted by Crippen LogP contribution is 2.36. The van der Waals surface area contributed by atoms with Gasteiger partial charge in [-0.2, -0.15) is 5.26 Å². The fraction of sp³-hybridized carbons (Fsp3) is 0.278. The maximum absolute atomic E-state index is 14.1. The average molecular weight is 301 g/mol. The summed E-state index contributed by atoms with van der Waals surface area (Å²) < 4.78 is 42.0. The van der Waals surface area contributed by atoms with Gasteiger partial charge in [-0.25, -0.2) is 13.2 Å². The van der Waals surface area contributed by atoms with Crippen molar-refractivity contribution in [2.75, 3.05) is 0 Å². The first kappa shape index (κ1) is 14.6. The molecule has 2 aromatic carbocycles. The third kappa shape index (κ3) is 2.48. The molecule has 0 fully saturated rings. The van der Waals surface area contributed by atoms with E-state index in [0.717, 1.165) is 11.1 Å². The Hall–Kier alpha value is -2.28. The Bertz CT molecular complexity index is 767. The lowest BCUT2D eigenvalue weighted by molar-refractivity contribution is 0.489. The fourth-order valence-corrected chi connectivity index (χ4v) is 3.21. The number of benzene rings is 2. The van der Waals surface area contributed by atoms with Crippen molar-refractivity contribution in [2.45, 2.75) is 32.1 Å². The van der Waals surface area contributed by atoms with Crippen LogP contribution in [0.3, 0.4) is 0 Å². The van der Waals surface area contributed by atoms with Crippen LogP contribution in [0.1, 0.15) is 40.2 Å². The molecule has 4 heteroatoms. The highest BCUT2D eigenvalue weighted by molar-refractivity contribution is 5.42. The van der Waals surface area contributed by atoms with Crippen molar-refractivity contribution < 1.29 is 13.2 Å². The van der Waals surface area contributed by atoms with Gasteiger partial charge in [0.05, 0.1) is 5.56 Å². The summed E-state index contributed by atoms with van der Waals surface area (Å²) in [6.07, 6.45) is 1.55. The van der Waals surface area contributed by atoms with E-state index >= 15 is 0 Å². The zero-order valence-electron chi connectivity index (χ0n) is 12.1. The summed E-state index contributed by atoms with van der Waals surface area (Å²) in [6, 6.07) is 7.34. The molecule has 1 nitrogen and oxygen atoms in total. The molecule has 1 atom stereocenters. The van der Waals surface area contributed by atoms with Crippen LogP contribution in [-0.2, 0) is 12.8 Å². The minimum absolute atomic E-state index is 0.0184. The Morgan fingerprint density at radius 3 is 2.32 bits per heavy atom.